The summed E-state index contributed by atoms with van der Waals surface area (Å²) in [5, 5.41) is 19.7. The lowest BCUT2D eigenvalue weighted by atomic mass is 10.1. The number of carboxylic acid groups (broad SMARTS) is 1. The van der Waals surface area contributed by atoms with Crippen LogP contribution in [0.5, 0.6) is 11.5 Å². The van der Waals surface area contributed by atoms with Crippen molar-refractivity contribution in [3.05, 3.63) is 36.4 Å². The molecule has 0 fully saturated rings. The van der Waals surface area contributed by atoms with Crippen LogP contribution in [0.4, 0.5) is 0 Å². The number of aromatic hydroxyl groups is 1. The lowest BCUT2D eigenvalue weighted by Gasteiger charge is -2.08. The molecule has 0 saturated heterocycles. The van der Waals surface area contributed by atoms with Gasteiger partial charge in [-0.1, -0.05) is 18.7 Å². The fraction of sp³-hybridized carbons (Fsp3) is 0.182. The Hall–Kier alpha value is -1.97. The summed E-state index contributed by atoms with van der Waals surface area (Å²) >= 11 is 0. The van der Waals surface area contributed by atoms with Gasteiger partial charge in [0.2, 0.25) is 0 Å². The quantitative estimate of drug-likeness (QED) is 0.702. The van der Waals surface area contributed by atoms with Crippen molar-refractivity contribution in [3.8, 4) is 11.5 Å². The number of phenols is 1. The third kappa shape index (κ3) is 3.34. The van der Waals surface area contributed by atoms with E-state index in [9.17, 15) is 15.0 Å². The number of ether oxygens (including phenoxy) is 1. The number of hydrogen-bond acceptors (Lipinski definition) is 4. The largest absolute Gasteiger partial charge is 0.550 e. The third-order valence-corrected chi connectivity index (χ3v) is 1.73. The second-order valence-electron chi connectivity index (χ2n) is 2.95. The molecule has 0 radical (unpaired) electrons. The van der Waals surface area contributed by atoms with E-state index >= 15 is 0 Å². The highest BCUT2D eigenvalue weighted by Gasteiger charge is 2.03. The van der Waals surface area contributed by atoms with Crippen LogP contribution < -0.4 is 9.84 Å². The molecule has 1 rings (SSSR count). The average molecular weight is 207 g/mol. The van der Waals surface area contributed by atoms with Gasteiger partial charge < -0.3 is 19.7 Å². The molecule has 4 heteroatoms. The van der Waals surface area contributed by atoms with E-state index in [0.717, 1.165) is 0 Å². The fourth-order valence-electron chi connectivity index (χ4n) is 1.10. The van der Waals surface area contributed by atoms with Crippen LogP contribution >= 0.6 is 0 Å². The molecule has 4 nitrogen and oxygen atoms in total. The maximum atomic E-state index is 10.3. The molecule has 0 heterocycles. The van der Waals surface area contributed by atoms with E-state index in [0.29, 0.717) is 5.56 Å². The molecule has 0 saturated carbocycles. The second kappa shape index (κ2) is 5.05. The highest BCUT2D eigenvalue weighted by atomic mass is 16.5. The number of phenolic OH excluding ortho intramolecular Hbond substituents is 1. The van der Waals surface area contributed by atoms with E-state index in [1.165, 1.54) is 24.3 Å². The first-order valence-electron chi connectivity index (χ1n) is 4.39. The molecular weight excluding hydrogens is 196 g/mol. The van der Waals surface area contributed by atoms with Gasteiger partial charge in [-0.3, -0.25) is 0 Å². The molecular formula is C11H11O4-. The molecule has 0 spiro atoms. The van der Waals surface area contributed by atoms with Crippen LogP contribution in [0.2, 0.25) is 0 Å². The minimum atomic E-state index is -1.17. The number of rotatable bonds is 5. The molecule has 0 amide bonds. The van der Waals surface area contributed by atoms with Gasteiger partial charge in [0, 0.05) is 12.4 Å². The fourth-order valence-corrected chi connectivity index (χ4v) is 1.10. The van der Waals surface area contributed by atoms with Gasteiger partial charge in [-0.05, 0) is 17.7 Å². The van der Waals surface area contributed by atoms with E-state index in [1.807, 2.05) is 0 Å². The van der Waals surface area contributed by atoms with Crippen LogP contribution in [0.1, 0.15) is 5.56 Å². The van der Waals surface area contributed by atoms with Gasteiger partial charge in [0.1, 0.15) is 6.61 Å². The summed E-state index contributed by atoms with van der Waals surface area (Å²) in [6.45, 7) is 3.72. The first-order chi connectivity index (χ1) is 7.13. The molecule has 15 heavy (non-hydrogen) atoms. The van der Waals surface area contributed by atoms with Crippen molar-refractivity contribution in [2.24, 2.45) is 0 Å². The summed E-state index contributed by atoms with van der Waals surface area (Å²) in [4.78, 5) is 10.3. The Morgan fingerprint density at radius 3 is 2.93 bits per heavy atom. The zero-order valence-corrected chi connectivity index (χ0v) is 8.10. The number of carbonyl (C=O) groups is 1. The highest BCUT2D eigenvalue weighted by Crippen LogP contribution is 2.26. The Morgan fingerprint density at radius 2 is 2.33 bits per heavy atom. The molecule has 0 aliphatic heterocycles. The zero-order chi connectivity index (χ0) is 11.3. The number of benzene rings is 1. The van der Waals surface area contributed by atoms with Crippen molar-refractivity contribution in [3.63, 3.8) is 0 Å². The van der Waals surface area contributed by atoms with Crippen LogP contribution in [-0.4, -0.2) is 17.7 Å². The van der Waals surface area contributed by atoms with Gasteiger partial charge in [-0.25, -0.2) is 0 Å². The van der Waals surface area contributed by atoms with Gasteiger partial charge in [0.05, 0.1) is 0 Å². The van der Waals surface area contributed by atoms with Crippen molar-refractivity contribution in [1.82, 2.24) is 0 Å². The Labute approximate surface area is 87.4 Å². The molecule has 0 unspecified atom stereocenters. The maximum absolute atomic E-state index is 10.3. The molecule has 80 valence electrons. The van der Waals surface area contributed by atoms with Crippen molar-refractivity contribution in [2.45, 2.75) is 6.42 Å². The minimum Gasteiger partial charge on any atom is -0.550 e. The predicted octanol–water partition coefficient (Wildman–Crippen LogP) is 0.249. The van der Waals surface area contributed by atoms with Crippen molar-refractivity contribution in [2.75, 3.05) is 6.61 Å². The van der Waals surface area contributed by atoms with Crippen molar-refractivity contribution >= 4 is 5.97 Å². The second-order valence-corrected chi connectivity index (χ2v) is 2.95. The van der Waals surface area contributed by atoms with Crippen LogP contribution in [-0.2, 0) is 11.2 Å². The van der Waals surface area contributed by atoms with Gasteiger partial charge in [-0.15, -0.1) is 0 Å². The lowest BCUT2D eigenvalue weighted by Crippen LogP contribution is -2.24. The molecule has 1 aromatic carbocycles. The third-order valence-electron chi connectivity index (χ3n) is 1.73. The first-order valence-corrected chi connectivity index (χ1v) is 4.39. The smallest absolute Gasteiger partial charge is 0.161 e. The number of aliphatic carboxylic acids is 1. The van der Waals surface area contributed by atoms with Crippen LogP contribution in [0.15, 0.2) is 30.9 Å². The van der Waals surface area contributed by atoms with Gasteiger partial charge >= 0.3 is 0 Å². The number of carbonyl (C=O) groups excluding carboxylic acids is 1. The number of hydrogen-bond donors (Lipinski definition) is 1. The maximum Gasteiger partial charge on any atom is 0.161 e. The molecule has 1 N–H and O–H groups in total. The standard InChI is InChI=1S/C11H12O4/c1-2-5-15-10-6-8(7-11(13)14)3-4-9(10)12/h2-4,6,12H,1,5,7H2,(H,13,14)/p-1. The average Bonchev–Trinajstić information content (AvgIpc) is 2.18. The predicted molar refractivity (Wildman–Crippen MR) is 52.5 cm³/mol. The summed E-state index contributed by atoms with van der Waals surface area (Å²) in [6.07, 6.45) is 1.33. The molecule has 0 aliphatic rings. The van der Waals surface area contributed by atoms with Gasteiger partial charge in [-0.2, -0.15) is 0 Å². The Balaban J connectivity index is 2.84. The van der Waals surface area contributed by atoms with Gasteiger partial charge in [0.25, 0.3) is 0 Å². The van der Waals surface area contributed by atoms with Crippen LogP contribution in [0, 0.1) is 0 Å². The summed E-state index contributed by atoms with van der Waals surface area (Å²) in [5.74, 6) is -0.956. The topological polar surface area (TPSA) is 69.6 Å². The van der Waals surface area contributed by atoms with E-state index in [1.54, 1.807) is 0 Å². The van der Waals surface area contributed by atoms with E-state index in [2.05, 4.69) is 6.58 Å². The summed E-state index contributed by atoms with van der Waals surface area (Å²) in [6, 6.07) is 4.36. The Bertz CT molecular complexity index is 371. The Morgan fingerprint density at radius 1 is 1.60 bits per heavy atom. The number of carboxylic acids is 1. The zero-order valence-electron chi connectivity index (χ0n) is 8.10. The van der Waals surface area contributed by atoms with E-state index in [-0.39, 0.29) is 24.5 Å². The summed E-state index contributed by atoms with van der Waals surface area (Å²) in [5.41, 5.74) is 0.520. The SMILES string of the molecule is C=CCOc1cc(CC(=O)[O-])ccc1O. The monoisotopic (exact) mass is 207 g/mol. The van der Waals surface area contributed by atoms with E-state index in [4.69, 9.17) is 4.74 Å². The van der Waals surface area contributed by atoms with Crippen molar-refractivity contribution < 1.29 is 19.7 Å². The molecule has 0 bridgehead atoms. The lowest BCUT2D eigenvalue weighted by molar-refractivity contribution is -0.304. The normalized spacial score (nSPS) is 9.60. The van der Waals surface area contributed by atoms with Crippen LogP contribution in [0.3, 0.4) is 0 Å². The first kappa shape index (κ1) is 11.1. The molecule has 0 aliphatic carbocycles. The minimum absolute atomic E-state index is 0.0288. The summed E-state index contributed by atoms with van der Waals surface area (Å²) < 4.78 is 5.13. The van der Waals surface area contributed by atoms with Crippen molar-refractivity contribution in [1.29, 1.82) is 0 Å². The van der Waals surface area contributed by atoms with Crippen LogP contribution in [0.25, 0.3) is 0 Å². The summed E-state index contributed by atoms with van der Waals surface area (Å²) in [7, 11) is 0. The molecule has 1 aromatic rings. The Kier molecular flexibility index (Phi) is 3.74. The molecule has 0 aromatic heterocycles. The highest BCUT2D eigenvalue weighted by molar-refractivity contribution is 5.68. The van der Waals surface area contributed by atoms with E-state index < -0.39 is 5.97 Å². The molecule has 0 atom stereocenters. The van der Waals surface area contributed by atoms with Gasteiger partial charge in [0.15, 0.2) is 11.5 Å².